The van der Waals surface area contributed by atoms with Crippen molar-refractivity contribution in [3.63, 3.8) is 0 Å². The van der Waals surface area contributed by atoms with Crippen molar-refractivity contribution in [2.75, 3.05) is 6.61 Å². The molecule has 2 N–H and O–H groups in total. The molecule has 0 spiro atoms. The first-order valence-corrected chi connectivity index (χ1v) is 6.06. The third-order valence-electron chi connectivity index (χ3n) is 3.15. The van der Waals surface area contributed by atoms with E-state index in [1.807, 2.05) is 0 Å². The first kappa shape index (κ1) is 12.6. The summed E-state index contributed by atoms with van der Waals surface area (Å²) in [5, 5.41) is 8.45. The van der Waals surface area contributed by atoms with Crippen LogP contribution in [0.5, 0.6) is 0 Å². The van der Waals surface area contributed by atoms with Gasteiger partial charge in [0.2, 0.25) is 0 Å². The molecule has 0 amide bonds. The minimum Gasteiger partial charge on any atom is -0.450 e. The summed E-state index contributed by atoms with van der Waals surface area (Å²) in [6, 6.07) is 0. The average Bonchev–Trinajstić information content (AvgIpc) is 3.02. The number of hydrogen-bond donors (Lipinski definition) is 2. The Hall–Kier alpha value is -2.42. The van der Waals surface area contributed by atoms with Crippen molar-refractivity contribution in [3.05, 3.63) is 23.0 Å². The van der Waals surface area contributed by atoms with Crippen molar-refractivity contribution >= 4 is 17.3 Å². The Morgan fingerprint density at radius 1 is 1.55 bits per heavy atom. The van der Waals surface area contributed by atoms with Crippen LogP contribution in [-0.2, 0) is 9.47 Å². The number of aromatic amines is 1. The molecule has 9 nitrogen and oxygen atoms in total. The second kappa shape index (κ2) is 4.93. The van der Waals surface area contributed by atoms with Gasteiger partial charge in [0.15, 0.2) is 11.2 Å². The fraction of sp³-hybridized carbons (Fsp3) is 0.455. The molecule has 1 fully saturated rings. The summed E-state index contributed by atoms with van der Waals surface area (Å²) in [6.45, 7) is -0.00747. The Bertz CT molecular complexity index is 693. The largest absolute Gasteiger partial charge is 0.505 e. The van der Waals surface area contributed by atoms with Gasteiger partial charge in [-0.2, -0.15) is 0 Å². The lowest BCUT2D eigenvalue weighted by molar-refractivity contribution is -0.0317. The highest BCUT2D eigenvalue weighted by Gasteiger charge is 2.29. The van der Waals surface area contributed by atoms with Gasteiger partial charge in [-0.25, -0.2) is 14.8 Å². The number of nitrogens with one attached hydrogen (secondary N) is 1. The van der Waals surface area contributed by atoms with E-state index < -0.39 is 6.16 Å². The van der Waals surface area contributed by atoms with Crippen LogP contribution in [0.15, 0.2) is 17.4 Å². The summed E-state index contributed by atoms with van der Waals surface area (Å²) in [4.78, 5) is 32.4. The van der Waals surface area contributed by atoms with E-state index in [0.29, 0.717) is 18.5 Å². The molecule has 0 unspecified atom stereocenters. The molecule has 0 radical (unpaired) electrons. The van der Waals surface area contributed by atoms with E-state index in [-0.39, 0.29) is 30.0 Å². The Morgan fingerprint density at radius 2 is 2.40 bits per heavy atom. The van der Waals surface area contributed by atoms with Gasteiger partial charge in [-0.15, -0.1) is 0 Å². The Kier molecular flexibility index (Phi) is 3.11. The van der Waals surface area contributed by atoms with Crippen LogP contribution in [0.1, 0.15) is 19.1 Å². The quantitative estimate of drug-likeness (QED) is 0.785. The van der Waals surface area contributed by atoms with Gasteiger partial charge in [0.25, 0.3) is 5.56 Å². The summed E-state index contributed by atoms with van der Waals surface area (Å²) in [5.41, 5.74) is 0.386. The third-order valence-corrected chi connectivity index (χ3v) is 3.15. The third kappa shape index (κ3) is 2.23. The SMILES string of the molecule is O=C(O)OC[C@@H]1CC[C@H](n2cnc3c(=O)[nH]cnc32)O1. The van der Waals surface area contributed by atoms with Gasteiger partial charge >= 0.3 is 6.16 Å². The molecular weight excluding hydrogens is 268 g/mol. The standard InChI is InChI=1S/C11H12N4O5/c16-10-8-9(12-4-13-10)15(5-14-8)7-2-1-6(20-7)3-19-11(17)18/h4-7H,1-3H2,(H,17,18)(H,12,13,16)/t6-,7+/m0/s1. The monoisotopic (exact) mass is 280 g/mol. The smallest absolute Gasteiger partial charge is 0.450 e. The molecule has 0 saturated carbocycles. The van der Waals surface area contributed by atoms with Gasteiger partial charge in [-0.05, 0) is 12.8 Å². The Labute approximate surface area is 112 Å². The van der Waals surface area contributed by atoms with E-state index in [1.54, 1.807) is 4.57 Å². The predicted octanol–water partition coefficient (Wildman–Crippen LogP) is 0.492. The van der Waals surface area contributed by atoms with Crippen LogP contribution >= 0.6 is 0 Å². The summed E-state index contributed by atoms with van der Waals surface area (Å²) in [6.07, 6.45) is 2.21. The Morgan fingerprint density at radius 3 is 3.20 bits per heavy atom. The topological polar surface area (TPSA) is 119 Å². The summed E-state index contributed by atoms with van der Waals surface area (Å²) >= 11 is 0. The van der Waals surface area contributed by atoms with Gasteiger partial charge in [0, 0.05) is 0 Å². The number of rotatable bonds is 3. The second-order valence-corrected chi connectivity index (χ2v) is 4.42. The highest BCUT2D eigenvalue weighted by Crippen LogP contribution is 2.29. The van der Waals surface area contributed by atoms with E-state index in [0.717, 1.165) is 0 Å². The average molecular weight is 280 g/mol. The number of imidazole rings is 1. The van der Waals surface area contributed by atoms with Crippen molar-refractivity contribution < 1.29 is 19.4 Å². The van der Waals surface area contributed by atoms with Crippen LogP contribution in [0.2, 0.25) is 0 Å². The van der Waals surface area contributed by atoms with Crippen LogP contribution in [0.4, 0.5) is 4.79 Å². The molecule has 106 valence electrons. The first-order chi connectivity index (χ1) is 9.65. The zero-order chi connectivity index (χ0) is 14.1. The molecule has 2 aromatic heterocycles. The zero-order valence-electron chi connectivity index (χ0n) is 10.4. The Balaban J connectivity index is 1.78. The molecule has 3 rings (SSSR count). The van der Waals surface area contributed by atoms with Gasteiger partial charge < -0.3 is 19.6 Å². The molecule has 0 aliphatic carbocycles. The molecule has 1 aliphatic rings. The van der Waals surface area contributed by atoms with Gasteiger partial charge in [-0.3, -0.25) is 9.36 Å². The van der Waals surface area contributed by atoms with Crippen LogP contribution in [0, 0.1) is 0 Å². The molecule has 1 aliphatic heterocycles. The van der Waals surface area contributed by atoms with Crippen LogP contribution in [-0.4, -0.2) is 43.5 Å². The van der Waals surface area contributed by atoms with Crippen molar-refractivity contribution in [2.45, 2.75) is 25.2 Å². The number of carboxylic acid groups (broad SMARTS) is 1. The molecule has 2 aromatic rings. The molecule has 2 atom stereocenters. The van der Waals surface area contributed by atoms with E-state index >= 15 is 0 Å². The number of hydrogen-bond acceptors (Lipinski definition) is 6. The van der Waals surface area contributed by atoms with Crippen LogP contribution < -0.4 is 5.56 Å². The maximum absolute atomic E-state index is 11.6. The lowest BCUT2D eigenvalue weighted by atomic mass is 10.2. The molecule has 9 heteroatoms. The van der Waals surface area contributed by atoms with Crippen LogP contribution in [0.3, 0.4) is 0 Å². The predicted molar refractivity (Wildman–Crippen MR) is 65.3 cm³/mol. The lowest BCUT2D eigenvalue weighted by Crippen LogP contribution is -2.18. The molecule has 3 heterocycles. The fourth-order valence-corrected chi connectivity index (χ4v) is 2.25. The maximum Gasteiger partial charge on any atom is 0.505 e. The van der Waals surface area contributed by atoms with Gasteiger partial charge in [-0.1, -0.05) is 0 Å². The number of fused-ring (bicyclic) bond motifs is 1. The van der Waals surface area contributed by atoms with Crippen molar-refractivity contribution in [1.29, 1.82) is 0 Å². The minimum atomic E-state index is -1.32. The van der Waals surface area contributed by atoms with Gasteiger partial charge in [0.05, 0.1) is 18.8 Å². The van der Waals surface area contributed by atoms with Crippen molar-refractivity contribution in [2.24, 2.45) is 0 Å². The normalized spacial score (nSPS) is 22.2. The first-order valence-electron chi connectivity index (χ1n) is 6.06. The van der Waals surface area contributed by atoms with E-state index in [4.69, 9.17) is 9.84 Å². The summed E-state index contributed by atoms with van der Waals surface area (Å²) < 4.78 is 11.9. The van der Waals surface area contributed by atoms with Crippen molar-refractivity contribution in [1.82, 2.24) is 19.5 Å². The molecular formula is C11H12N4O5. The van der Waals surface area contributed by atoms with Crippen LogP contribution in [0.25, 0.3) is 11.2 Å². The van der Waals surface area contributed by atoms with E-state index in [1.165, 1.54) is 12.7 Å². The van der Waals surface area contributed by atoms with Crippen molar-refractivity contribution in [3.8, 4) is 0 Å². The number of nitrogens with zero attached hydrogens (tertiary/aromatic N) is 3. The highest BCUT2D eigenvalue weighted by atomic mass is 16.7. The summed E-state index contributed by atoms with van der Waals surface area (Å²) in [7, 11) is 0. The number of H-pyrrole nitrogens is 1. The lowest BCUT2D eigenvalue weighted by Gasteiger charge is -2.14. The zero-order valence-corrected chi connectivity index (χ0v) is 10.4. The minimum absolute atomic E-state index is 0.00747. The van der Waals surface area contributed by atoms with Gasteiger partial charge in [0.1, 0.15) is 12.8 Å². The highest BCUT2D eigenvalue weighted by molar-refractivity contribution is 5.68. The number of carbonyl (C=O) groups is 1. The summed E-state index contributed by atoms with van der Waals surface area (Å²) in [5.74, 6) is 0. The molecule has 0 bridgehead atoms. The molecule has 20 heavy (non-hydrogen) atoms. The number of ether oxygens (including phenoxy) is 2. The molecule has 1 saturated heterocycles. The number of aromatic nitrogens is 4. The second-order valence-electron chi connectivity index (χ2n) is 4.42. The maximum atomic E-state index is 11.6. The van der Waals surface area contributed by atoms with E-state index in [9.17, 15) is 9.59 Å². The fourth-order valence-electron chi connectivity index (χ4n) is 2.25. The van der Waals surface area contributed by atoms with E-state index in [2.05, 4.69) is 19.7 Å². The molecule has 0 aromatic carbocycles.